The summed E-state index contributed by atoms with van der Waals surface area (Å²) in [6.45, 7) is 7.82. The van der Waals surface area contributed by atoms with E-state index in [-0.39, 0.29) is 24.4 Å². The van der Waals surface area contributed by atoms with Gasteiger partial charge in [-0.05, 0) is 27.7 Å². The Kier molecular flexibility index (Phi) is 5.01. The molecule has 4 unspecified atom stereocenters. The van der Waals surface area contributed by atoms with Crippen molar-refractivity contribution < 1.29 is 18.9 Å². The van der Waals surface area contributed by atoms with Crippen LogP contribution in [-0.2, 0) is 18.9 Å². The first-order valence-corrected chi connectivity index (χ1v) is 6.01. The molecule has 0 aromatic carbocycles. The third-order valence-corrected chi connectivity index (χ3v) is 3.42. The summed E-state index contributed by atoms with van der Waals surface area (Å²) < 4.78 is 22.5. The lowest BCUT2D eigenvalue weighted by atomic mass is 9.87. The van der Waals surface area contributed by atoms with Crippen molar-refractivity contribution in [1.82, 2.24) is 0 Å². The normalized spacial score (nSPS) is 39.8. The molecule has 5 heteroatoms. The van der Waals surface area contributed by atoms with Crippen LogP contribution in [0.25, 0.3) is 0 Å². The Labute approximate surface area is 105 Å². The van der Waals surface area contributed by atoms with Gasteiger partial charge in [0.2, 0.25) is 0 Å². The fourth-order valence-electron chi connectivity index (χ4n) is 2.32. The third kappa shape index (κ3) is 2.84. The van der Waals surface area contributed by atoms with E-state index in [1.54, 1.807) is 14.2 Å². The summed E-state index contributed by atoms with van der Waals surface area (Å²) in [7, 11) is 9.27. The largest absolute Gasteiger partial charge is 0.379 e. The van der Waals surface area contributed by atoms with E-state index < -0.39 is 11.6 Å². The molecule has 1 fully saturated rings. The molecule has 1 rings (SSSR count). The molecule has 0 spiro atoms. The van der Waals surface area contributed by atoms with Gasteiger partial charge in [-0.15, -0.1) is 0 Å². The lowest BCUT2D eigenvalue weighted by Gasteiger charge is -2.35. The molecule has 0 aromatic heterocycles. The van der Waals surface area contributed by atoms with Crippen LogP contribution < -0.4 is 0 Å². The predicted octanol–water partition coefficient (Wildman–Crippen LogP) is 1.11. The minimum absolute atomic E-state index is 0.0764. The van der Waals surface area contributed by atoms with E-state index in [1.807, 2.05) is 27.7 Å². The van der Waals surface area contributed by atoms with Crippen LogP contribution in [0.5, 0.6) is 0 Å². The summed E-state index contributed by atoms with van der Waals surface area (Å²) in [5.41, 5.74) is -0.595. The zero-order valence-corrected chi connectivity index (χ0v) is 11.6. The number of methoxy groups -OCH3 is 2. The van der Waals surface area contributed by atoms with Gasteiger partial charge in [0, 0.05) is 20.2 Å². The van der Waals surface area contributed by atoms with Gasteiger partial charge in [-0.1, -0.05) is 0 Å². The molecule has 4 nitrogen and oxygen atoms in total. The average molecular weight is 242 g/mol. The van der Waals surface area contributed by atoms with Crippen LogP contribution in [0.3, 0.4) is 0 Å². The molecule has 98 valence electrons. The van der Waals surface area contributed by atoms with Crippen LogP contribution >= 0.6 is 0 Å². The Hall–Kier alpha value is -0.0951. The Bertz CT molecular complexity index is 249. The number of hydrogen-bond acceptors (Lipinski definition) is 4. The number of rotatable bonds is 5. The van der Waals surface area contributed by atoms with Crippen LogP contribution in [0, 0.1) is 0 Å². The molecule has 0 amide bonds. The third-order valence-electron chi connectivity index (χ3n) is 3.42. The molecule has 1 aliphatic rings. The zero-order valence-electron chi connectivity index (χ0n) is 11.6. The smallest absolute Gasteiger partial charge is 0.119 e. The summed E-state index contributed by atoms with van der Waals surface area (Å²) in [5.74, 6) is 0. The van der Waals surface area contributed by atoms with Crippen molar-refractivity contribution in [2.45, 2.75) is 63.7 Å². The first-order chi connectivity index (χ1) is 7.86. The van der Waals surface area contributed by atoms with Gasteiger partial charge in [0.15, 0.2) is 0 Å². The Morgan fingerprint density at radius 3 is 2.24 bits per heavy atom. The summed E-state index contributed by atoms with van der Waals surface area (Å²) >= 11 is 0. The maximum atomic E-state index is 5.98. The highest BCUT2D eigenvalue weighted by Crippen LogP contribution is 2.37. The molecule has 1 aliphatic heterocycles. The van der Waals surface area contributed by atoms with Gasteiger partial charge in [-0.3, -0.25) is 0 Å². The quantitative estimate of drug-likeness (QED) is 0.677. The van der Waals surface area contributed by atoms with Gasteiger partial charge < -0.3 is 18.9 Å². The molecule has 1 heterocycles. The van der Waals surface area contributed by atoms with Crippen molar-refractivity contribution in [3.8, 4) is 0 Å². The monoisotopic (exact) mass is 242 g/mol. The summed E-state index contributed by atoms with van der Waals surface area (Å²) in [4.78, 5) is 0. The lowest BCUT2D eigenvalue weighted by Crippen LogP contribution is -2.51. The van der Waals surface area contributed by atoms with Crippen molar-refractivity contribution >= 4 is 7.85 Å². The van der Waals surface area contributed by atoms with E-state index in [4.69, 9.17) is 26.8 Å². The zero-order chi connectivity index (χ0) is 13.2. The summed E-state index contributed by atoms with van der Waals surface area (Å²) in [6.07, 6.45) is -0.566. The molecule has 0 aromatic rings. The van der Waals surface area contributed by atoms with Crippen molar-refractivity contribution in [3.05, 3.63) is 0 Å². The molecule has 17 heavy (non-hydrogen) atoms. The second-order valence-electron chi connectivity index (χ2n) is 4.95. The summed E-state index contributed by atoms with van der Waals surface area (Å²) in [6, 6.07) is -0.495. The topological polar surface area (TPSA) is 36.9 Å². The van der Waals surface area contributed by atoms with Crippen LogP contribution in [0.1, 0.15) is 27.7 Å². The molecule has 0 bridgehead atoms. The van der Waals surface area contributed by atoms with Gasteiger partial charge in [-0.25, -0.2) is 0 Å². The van der Waals surface area contributed by atoms with Gasteiger partial charge >= 0.3 is 0 Å². The molecule has 5 atom stereocenters. The first kappa shape index (κ1) is 15.0. The van der Waals surface area contributed by atoms with E-state index in [1.165, 1.54) is 0 Å². The van der Waals surface area contributed by atoms with Crippen molar-refractivity contribution in [2.75, 3.05) is 14.2 Å². The molecular formula is C12H23BO4. The Balaban J connectivity index is 2.89. The molecular weight excluding hydrogens is 219 g/mol. The Morgan fingerprint density at radius 2 is 1.82 bits per heavy atom. The van der Waals surface area contributed by atoms with Gasteiger partial charge in [0.1, 0.15) is 25.7 Å². The van der Waals surface area contributed by atoms with Crippen LogP contribution in [0.2, 0.25) is 0 Å². The lowest BCUT2D eigenvalue weighted by molar-refractivity contribution is -0.146. The van der Waals surface area contributed by atoms with Crippen molar-refractivity contribution in [3.63, 3.8) is 0 Å². The van der Waals surface area contributed by atoms with E-state index in [0.717, 1.165) is 0 Å². The molecule has 1 saturated heterocycles. The second-order valence-corrected chi connectivity index (χ2v) is 4.95. The first-order valence-electron chi connectivity index (χ1n) is 6.01. The molecule has 0 saturated carbocycles. The van der Waals surface area contributed by atoms with Gasteiger partial charge in [-0.2, -0.15) is 0 Å². The predicted molar refractivity (Wildman–Crippen MR) is 66.3 cm³/mol. The number of hydrogen-bond donors (Lipinski definition) is 0. The SMILES string of the molecule is [B][C@@H]1OC(C)(C(C)OC)C(OC)C1OC(C)C. The molecule has 2 radical (unpaired) electrons. The van der Waals surface area contributed by atoms with Gasteiger partial charge in [0.05, 0.1) is 12.2 Å². The highest BCUT2D eigenvalue weighted by Gasteiger charge is 2.54. The second kappa shape index (κ2) is 5.70. The maximum Gasteiger partial charge on any atom is 0.119 e. The van der Waals surface area contributed by atoms with Crippen molar-refractivity contribution in [2.24, 2.45) is 0 Å². The molecule has 0 aliphatic carbocycles. The van der Waals surface area contributed by atoms with E-state index >= 15 is 0 Å². The average Bonchev–Trinajstić information content (AvgIpc) is 2.49. The van der Waals surface area contributed by atoms with Crippen LogP contribution in [0.15, 0.2) is 0 Å². The minimum atomic E-state index is -0.595. The molecule has 0 N–H and O–H groups in total. The fourth-order valence-corrected chi connectivity index (χ4v) is 2.32. The van der Waals surface area contributed by atoms with Crippen LogP contribution in [-0.4, -0.2) is 58.1 Å². The number of ether oxygens (including phenoxy) is 4. The van der Waals surface area contributed by atoms with Crippen LogP contribution in [0.4, 0.5) is 0 Å². The van der Waals surface area contributed by atoms with Crippen molar-refractivity contribution in [1.29, 1.82) is 0 Å². The Morgan fingerprint density at radius 1 is 1.24 bits per heavy atom. The van der Waals surface area contributed by atoms with E-state index in [0.29, 0.717) is 0 Å². The van der Waals surface area contributed by atoms with Gasteiger partial charge in [0.25, 0.3) is 0 Å². The standard InChI is InChI=1S/C12H23BO4/c1-7(2)16-9-10(15-6)12(4,8(3)14-5)17-11(9)13/h7-11H,1-6H3/t8?,9?,10?,11-,12?/m1/s1. The maximum absolute atomic E-state index is 5.98. The minimum Gasteiger partial charge on any atom is -0.379 e. The van der Waals surface area contributed by atoms with E-state index in [9.17, 15) is 0 Å². The highest BCUT2D eigenvalue weighted by atomic mass is 16.6. The van der Waals surface area contributed by atoms with E-state index in [2.05, 4.69) is 0 Å². The fraction of sp³-hybridized carbons (Fsp3) is 1.00. The summed E-state index contributed by atoms with van der Waals surface area (Å²) in [5, 5.41) is 0. The highest BCUT2D eigenvalue weighted by molar-refractivity contribution is 6.11.